The van der Waals surface area contributed by atoms with Gasteiger partial charge in [-0.15, -0.1) is 0 Å². The minimum atomic E-state index is -0.227. The molecule has 0 unspecified atom stereocenters. The van der Waals surface area contributed by atoms with Crippen LogP contribution >= 0.6 is 0 Å². The molecule has 1 aromatic rings. The van der Waals surface area contributed by atoms with Gasteiger partial charge in [-0.2, -0.15) is 0 Å². The summed E-state index contributed by atoms with van der Waals surface area (Å²) in [6, 6.07) is 6.88. The monoisotopic (exact) mass is 276 g/mol. The average molecular weight is 276 g/mol. The molecule has 108 valence electrons. The number of halogens is 1. The van der Waals surface area contributed by atoms with Crippen molar-refractivity contribution in [1.82, 2.24) is 10.2 Å². The van der Waals surface area contributed by atoms with Crippen molar-refractivity contribution < 1.29 is 9.18 Å². The average Bonchev–Trinajstić information content (AvgIpc) is 3.31. The van der Waals surface area contributed by atoms with Crippen molar-refractivity contribution in [1.29, 1.82) is 0 Å². The summed E-state index contributed by atoms with van der Waals surface area (Å²) in [6.45, 7) is 2.43. The Kier molecular flexibility index (Phi) is 4.01. The summed E-state index contributed by atoms with van der Waals surface area (Å²) in [4.78, 5) is 14.7. The van der Waals surface area contributed by atoms with Gasteiger partial charge in [0.05, 0.1) is 5.92 Å². The number of nitrogens with zero attached hydrogens (tertiary/aromatic N) is 1. The number of hydrogen-bond donors (Lipinski definition) is 1. The highest BCUT2D eigenvalue weighted by molar-refractivity contribution is 5.79. The van der Waals surface area contributed by atoms with Crippen molar-refractivity contribution in [2.45, 2.75) is 38.3 Å². The van der Waals surface area contributed by atoms with E-state index in [9.17, 15) is 9.18 Å². The first-order valence-corrected chi connectivity index (χ1v) is 7.49. The molecule has 3 rings (SSSR count). The Morgan fingerprint density at radius 2 is 2.00 bits per heavy atom. The van der Waals surface area contributed by atoms with Gasteiger partial charge in [0.1, 0.15) is 5.82 Å². The van der Waals surface area contributed by atoms with Gasteiger partial charge in [0, 0.05) is 19.1 Å². The lowest BCUT2D eigenvalue weighted by molar-refractivity contribution is -0.137. The molecule has 1 saturated heterocycles. The van der Waals surface area contributed by atoms with E-state index in [2.05, 4.69) is 5.32 Å². The van der Waals surface area contributed by atoms with Crippen molar-refractivity contribution in [2.24, 2.45) is 5.92 Å². The first-order valence-electron chi connectivity index (χ1n) is 7.49. The van der Waals surface area contributed by atoms with Crippen molar-refractivity contribution in [3.8, 4) is 0 Å². The number of piperidine rings is 1. The Hall–Kier alpha value is -1.42. The Bertz CT molecular complexity index is 464. The van der Waals surface area contributed by atoms with Crippen LogP contribution in [-0.2, 0) is 11.3 Å². The molecular formula is C16H21FN2O. The van der Waals surface area contributed by atoms with Gasteiger partial charge in [0.25, 0.3) is 0 Å². The molecule has 0 aromatic heterocycles. The van der Waals surface area contributed by atoms with Gasteiger partial charge in [-0.3, -0.25) is 4.79 Å². The van der Waals surface area contributed by atoms with Crippen molar-refractivity contribution >= 4 is 5.91 Å². The molecule has 0 bridgehead atoms. The van der Waals surface area contributed by atoms with E-state index in [0.717, 1.165) is 44.3 Å². The lowest BCUT2D eigenvalue weighted by Crippen LogP contribution is -2.43. The van der Waals surface area contributed by atoms with E-state index in [1.807, 2.05) is 4.90 Å². The number of carbonyl (C=O) groups is 1. The van der Waals surface area contributed by atoms with E-state index in [1.54, 1.807) is 12.1 Å². The van der Waals surface area contributed by atoms with Crippen molar-refractivity contribution in [3.05, 3.63) is 35.6 Å². The number of nitrogens with one attached hydrogen (secondary N) is 1. The number of carbonyl (C=O) groups excluding carboxylic acids is 1. The van der Waals surface area contributed by atoms with Gasteiger partial charge in [-0.25, -0.2) is 4.39 Å². The van der Waals surface area contributed by atoms with Gasteiger partial charge in [-0.05, 0) is 49.9 Å². The van der Waals surface area contributed by atoms with E-state index in [4.69, 9.17) is 0 Å². The normalized spacial score (nSPS) is 22.6. The fraction of sp³-hybridized carbons (Fsp3) is 0.562. The molecular weight excluding hydrogens is 255 g/mol. The largest absolute Gasteiger partial charge is 0.335 e. The van der Waals surface area contributed by atoms with Crippen LogP contribution in [0.4, 0.5) is 4.39 Å². The highest BCUT2D eigenvalue weighted by Crippen LogP contribution is 2.30. The molecule has 0 radical (unpaired) electrons. The number of hydrogen-bond acceptors (Lipinski definition) is 2. The van der Waals surface area contributed by atoms with Crippen LogP contribution in [-0.4, -0.2) is 29.9 Å². The minimum Gasteiger partial charge on any atom is -0.335 e. The zero-order valence-corrected chi connectivity index (χ0v) is 11.6. The molecule has 20 heavy (non-hydrogen) atoms. The van der Waals surface area contributed by atoms with E-state index >= 15 is 0 Å². The summed E-state index contributed by atoms with van der Waals surface area (Å²) >= 11 is 0. The predicted octanol–water partition coefficient (Wildman–Crippen LogP) is 2.32. The van der Waals surface area contributed by atoms with Crippen molar-refractivity contribution in [2.75, 3.05) is 13.1 Å². The van der Waals surface area contributed by atoms with E-state index in [-0.39, 0.29) is 17.6 Å². The Labute approximate surface area is 119 Å². The summed E-state index contributed by atoms with van der Waals surface area (Å²) in [7, 11) is 0. The Balaban J connectivity index is 1.68. The maximum Gasteiger partial charge on any atom is 0.227 e. The van der Waals surface area contributed by atoms with Crippen molar-refractivity contribution in [3.63, 3.8) is 0 Å². The molecule has 1 amide bonds. The molecule has 2 fully saturated rings. The number of amides is 1. The maximum atomic E-state index is 13.0. The summed E-state index contributed by atoms with van der Waals surface area (Å²) in [6.07, 6.45) is 4.27. The van der Waals surface area contributed by atoms with E-state index < -0.39 is 0 Å². The van der Waals surface area contributed by atoms with Crippen LogP contribution in [0, 0.1) is 11.7 Å². The molecule has 0 spiro atoms. The lowest BCUT2D eigenvalue weighted by Gasteiger charge is -2.30. The second kappa shape index (κ2) is 5.92. The fourth-order valence-corrected chi connectivity index (χ4v) is 2.86. The molecule has 1 aromatic carbocycles. The third kappa shape index (κ3) is 3.18. The van der Waals surface area contributed by atoms with Gasteiger partial charge in [-0.1, -0.05) is 12.1 Å². The van der Waals surface area contributed by atoms with E-state index in [0.29, 0.717) is 12.6 Å². The third-order valence-electron chi connectivity index (χ3n) is 4.18. The second-order valence-corrected chi connectivity index (χ2v) is 5.87. The van der Waals surface area contributed by atoms with Gasteiger partial charge in [0.15, 0.2) is 0 Å². The van der Waals surface area contributed by atoms with Crippen LogP contribution in [0.1, 0.15) is 31.2 Å². The summed E-state index contributed by atoms with van der Waals surface area (Å²) < 4.78 is 13.0. The Morgan fingerprint density at radius 1 is 1.25 bits per heavy atom. The molecule has 4 heteroatoms. The lowest BCUT2D eigenvalue weighted by atomic mass is 9.97. The summed E-state index contributed by atoms with van der Waals surface area (Å²) in [5, 5.41) is 3.30. The van der Waals surface area contributed by atoms with Gasteiger partial charge >= 0.3 is 0 Å². The highest BCUT2D eigenvalue weighted by Gasteiger charge is 2.36. The van der Waals surface area contributed by atoms with Crippen LogP contribution in [0.5, 0.6) is 0 Å². The summed E-state index contributed by atoms with van der Waals surface area (Å²) in [5.41, 5.74) is 1.01. The van der Waals surface area contributed by atoms with Crippen LogP contribution in [0.3, 0.4) is 0 Å². The predicted molar refractivity (Wildman–Crippen MR) is 75.6 cm³/mol. The first-order chi connectivity index (χ1) is 9.74. The van der Waals surface area contributed by atoms with E-state index in [1.165, 1.54) is 12.1 Å². The SMILES string of the molecule is O=C([C@@H]1CCCNC1)N(Cc1ccc(F)cc1)C1CC1. The molecule has 1 aliphatic carbocycles. The van der Waals surface area contributed by atoms with Gasteiger partial charge < -0.3 is 10.2 Å². The molecule has 1 aliphatic heterocycles. The molecule has 1 heterocycles. The number of benzene rings is 1. The molecule has 1 saturated carbocycles. The fourth-order valence-electron chi connectivity index (χ4n) is 2.86. The van der Waals surface area contributed by atoms with Crippen LogP contribution in [0.15, 0.2) is 24.3 Å². The molecule has 2 aliphatic rings. The zero-order valence-electron chi connectivity index (χ0n) is 11.6. The van der Waals surface area contributed by atoms with Crippen LogP contribution < -0.4 is 5.32 Å². The molecule has 3 nitrogen and oxygen atoms in total. The minimum absolute atomic E-state index is 0.116. The number of rotatable bonds is 4. The third-order valence-corrected chi connectivity index (χ3v) is 4.18. The van der Waals surface area contributed by atoms with Gasteiger partial charge in [0.2, 0.25) is 5.91 Å². The van der Waals surface area contributed by atoms with Crippen LogP contribution in [0.25, 0.3) is 0 Å². The standard InChI is InChI=1S/C16H21FN2O/c17-14-5-3-12(4-6-14)11-19(15-7-8-15)16(20)13-2-1-9-18-10-13/h3-6,13,15,18H,1-2,7-11H2/t13-/m1/s1. The Morgan fingerprint density at radius 3 is 2.60 bits per heavy atom. The zero-order chi connectivity index (χ0) is 13.9. The molecule has 1 atom stereocenters. The van der Waals surface area contributed by atoms with Crippen LogP contribution in [0.2, 0.25) is 0 Å². The second-order valence-electron chi connectivity index (χ2n) is 5.87. The highest BCUT2D eigenvalue weighted by atomic mass is 19.1. The summed E-state index contributed by atoms with van der Waals surface area (Å²) in [5.74, 6) is 0.156. The first kappa shape index (κ1) is 13.6. The smallest absolute Gasteiger partial charge is 0.227 e. The topological polar surface area (TPSA) is 32.3 Å². The maximum absolute atomic E-state index is 13.0. The quantitative estimate of drug-likeness (QED) is 0.915. The molecule has 1 N–H and O–H groups in total.